The quantitative estimate of drug-likeness (QED) is 0.275. The highest BCUT2D eigenvalue weighted by Crippen LogP contribution is 2.15. The number of unbranched alkanes of at least 4 members (excludes halogenated alkanes) is 1. The van der Waals surface area contributed by atoms with Gasteiger partial charge in [-0.15, -0.1) is 0 Å². The molecule has 1 saturated heterocycles. The number of hydrogen-bond donors (Lipinski definition) is 2. The minimum atomic E-state index is 0.560. The molecule has 25 heavy (non-hydrogen) atoms. The van der Waals surface area contributed by atoms with Crippen LogP contribution in [0, 0.1) is 0 Å². The topological polar surface area (TPSA) is 67.4 Å². The van der Waals surface area contributed by atoms with E-state index in [9.17, 15) is 0 Å². The van der Waals surface area contributed by atoms with Crippen molar-refractivity contribution in [2.24, 2.45) is 4.99 Å². The molecule has 1 rings (SSSR count). The fourth-order valence-electron chi connectivity index (χ4n) is 2.87. The fraction of sp³-hybridized carbons (Fsp3) is 0.944. The lowest BCUT2D eigenvalue weighted by Crippen LogP contribution is -2.46. The molecule has 0 aromatic rings. The summed E-state index contributed by atoms with van der Waals surface area (Å²) in [5, 5.41) is 6.71. The molecule has 0 bridgehead atoms. The maximum atomic E-state index is 5.56. The van der Waals surface area contributed by atoms with Crippen LogP contribution in [0.25, 0.3) is 0 Å². The van der Waals surface area contributed by atoms with Gasteiger partial charge in [0.15, 0.2) is 5.96 Å². The van der Waals surface area contributed by atoms with Crippen LogP contribution >= 0.6 is 0 Å². The second kappa shape index (κ2) is 15.4. The van der Waals surface area contributed by atoms with Crippen LogP contribution in [0.1, 0.15) is 32.6 Å². The Labute approximate surface area is 153 Å². The molecule has 1 unspecified atom stereocenters. The first kappa shape index (κ1) is 22.2. The molecule has 7 heteroatoms. The number of nitrogens with zero attached hydrogens (tertiary/aromatic N) is 2. The van der Waals surface area contributed by atoms with Gasteiger partial charge in [-0.3, -0.25) is 9.89 Å². The van der Waals surface area contributed by atoms with Crippen LogP contribution in [-0.2, 0) is 14.2 Å². The van der Waals surface area contributed by atoms with Gasteiger partial charge in [-0.05, 0) is 25.8 Å². The molecule has 0 saturated carbocycles. The Morgan fingerprint density at radius 3 is 2.64 bits per heavy atom. The lowest BCUT2D eigenvalue weighted by molar-refractivity contribution is 0.0487. The summed E-state index contributed by atoms with van der Waals surface area (Å²) < 4.78 is 16.2. The first-order valence-electron chi connectivity index (χ1n) is 9.64. The van der Waals surface area contributed by atoms with E-state index in [0.29, 0.717) is 25.9 Å². The van der Waals surface area contributed by atoms with Gasteiger partial charge in [0.25, 0.3) is 0 Å². The monoisotopic (exact) mass is 358 g/mol. The van der Waals surface area contributed by atoms with Crippen LogP contribution in [0.5, 0.6) is 0 Å². The number of hydrogen-bond acceptors (Lipinski definition) is 5. The molecule has 1 atom stereocenters. The fourth-order valence-corrected chi connectivity index (χ4v) is 2.87. The Morgan fingerprint density at radius 1 is 1.12 bits per heavy atom. The zero-order chi connectivity index (χ0) is 18.2. The molecule has 2 N–H and O–H groups in total. The van der Waals surface area contributed by atoms with Crippen molar-refractivity contribution in [3.8, 4) is 0 Å². The molecular formula is C18H38N4O3. The number of ether oxygens (including phenoxy) is 3. The van der Waals surface area contributed by atoms with E-state index in [2.05, 4.69) is 27.4 Å². The summed E-state index contributed by atoms with van der Waals surface area (Å²) in [7, 11) is 3.56. The van der Waals surface area contributed by atoms with Crippen molar-refractivity contribution >= 4 is 5.96 Å². The van der Waals surface area contributed by atoms with E-state index in [-0.39, 0.29) is 0 Å². The maximum absolute atomic E-state index is 5.56. The second-order valence-electron chi connectivity index (χ2n) is 6.28. The van der Waals surface area contributed by atoms with E-state index < -0.39 is 0 Å². The number of guanidine groups is 1. The van der Waals surface area contributed by atoms with Crippen LogP contribution in [0.4, 0.5) is 0 Å². The van der Waals surface area contributed by atoms with Gasteiger partial charge in [-0.25, -0.2) is 0 Å². The van der Waals surface area contributed by atoms with Crippen molar-refractivity contribution in [2.75, 3.05) is 73.4 Å². The first-order valence-corrected chi connectivity index (χ1v) is 9.64. The maximum Gasteiger partial charge on any atom is 0.191 e. The highest BCUT2D eigenvalue weighted by molar-refractivity contribution is 5.79. The average molecular weight is 359 g/mol. The van der Waals surface area contributed by atoms with Crippen molar-refractivity contribution in [3.63, 3.8) is 0 Å². The van der Waals surface area contributed by atoms with Crippen molar-refractivity contribution in [2.45, 2.75) is 38.6 Å². The van der Waals surface area contributed by atoms with Gasteiger partial charge in [0.1, 0.15) is 0 Å². The summed E-state index contributed by atoms with van der Waals surface area (Å²) in [5.41, 5.74) is 0. The summed E-state index contributed by atoms with van der Waals surface area (Å²) >= 11 is 0. The molecule has 0 aromatic carbocycles. The molecule has 1 aliphatic heterocycles. The third-order valence-electron chi connectivity index (χ3n) is 4.36. The van der Waals surface area contributed by atoms with Crippen LogP contribution < -0.4 is 10.6 Å². The molecule has 0 aromatic heterocycles. The summed E-state index contributed by atoms with van der Waals surface area (Å²) in [5.74, 6) is 0.835. The van der Waals surface area contributed by atoms with Crippen molar-refractivity contribution in [1.82, 2.24) is 15.5 Å². The largest absolute Gasteiger partial charge is 0.383 e. The van der Waals surface area contributed by atoms with Crippen LogP contribution in [0.2, 0.25) is 0 Å². The van der Waals surface area contributed by atoms with Gasteiger partial charge in [-0.2, -0.15) is 0 Å². The Bertz CT molecular complexity index is 342. The summed E-state index contributed by atoms with van der Waals surface area (Å²) in [6, 6.07) is 0.560. The van der Waals surface area contributed by atoms with Gasteiger partial charge in [0.05, 0.1) is 26.4 Å². The lowest BCUT2D eigenvalue weighted by Gasteiger charge is -2.25. The minimum absolute atomic E-state index is 0.560. The van der Waals surface area contributed by atoms with E-state index >= 15 is 0 Å². The Balaban J connectivity index is 2.04. The third kappa shape index (κ3) is 10.6. The van der Waals surface area contributed by atoms with E-state index in [1.165, 1.54) is 19.3 Å². The number of aliphatic imine (C=N–C) groups is 1. The van der Waals surface area contributed by atoms with E-state index in [1.807, 2.05) is 0 Å². The SMILES string of the molecule is CCCCOCCOCCNC(=NC)NCC1CCCN1CCOC. The van der Waals surface area contributed by atoms with E-state index in [4.69, 9.17) is 14.2 Å². The van der Waals surface area contributed by atoms with Crippen LogP contribution in [0.3, 0.4) is 0 Å². The number of nitrogens with one attached hydrogen (secondary N) is 2. The number of rotatable bonds is 14. The highest BCUT2D eigenvalue weighted by Gasteiger charge is 2.23. The predicted molar refractivity (Wildman–Crippen MR) is 102 cm³/mol. The summed E-state index contributed by atoms with van der Waals surface area (Å²) in [6.45, 7) is 9.58. The minimum Gasteiger partial charge on any atom is -0.383 e. The van der Waals surface area contributed by atoms with Gasteiger partial charge in [0, 0.05) is 46.4 Å². The Hall–Kier alpha value is -0.890. The third-order valence-corrected chi connectivity index (χ3v) is 4.36. The lowest BCUT2D eigenvalue weighted by atomic mass is 10.2. The van der Waals surface area contributed by atoms with E-state index in [1.54, 1.807) is 14.2 Å². The van der Waals surface area contributed by atoms with Crippen molar-refractivity contribution < 1.29 is 14.2 Å². The summed E-state index contributed by atoms with van der Waals surface area (Å²) in [6.07, 6.45) is 4.78. The molecule has 0 radical (unpaired) electrons. The molecule has 1 heterocycles. The standard InChI is InChI=1S/C18H38N4O3/c1-4-5-11-24-14-15-25-12-8-20-18(19-2)21-16-17-7-6-9-22(17)10-13-23-3/h17H,4-16H2,1-3H3,(H2,19,20,21). The molecule has 0 amide bonds. The van der Waals surface area contributed by atoms with Gasteiger partial charge >= 0.3 is 0 Å². The molecule has 1 fully saturated rings. The molecule has 7 nitrogen and oxygen atoms in total. The van der Waals surface area contributed by atoms with E-state index in [0.717, 1.165) is 51.8 Å². The smallest absolute Gasteiger partial charge is 0.191 e. The van der Waals surface area contributed by atoms with Crippen LogP contribution in [0.15, 0.2) is 4.99 Å². The Kier molecular flexibility index (Phi) is 13.6. The molecular weight excluding hydrogens is 320 g/mol. The van der Waals surface area contributed by atoms with Gasteiger partial charge < -0.3 is 24.8 Å². The van der Waals surface area contributed by atoms with Gasteiger partial charge in [0.2, 0.25) is 0 Å². The van der Waals surface area contributed by atoms with Crippen molar-refractivity contribution in [3.05, 3.63) is 0 Å². The number of methoxy groups -OCH3 is 1. The van der Waals surface area contributed by atoms with Crippen molar-refractivity contribution in [1.29, 1.82) is 0 Å². The summed E-state index contributed by atoms with van der Waals surface area (Å²) in [4.78, 5) is 6.77. The highest BCUT2D eigenvalue weighted by atomic mass is 16.5. The zero-order valence-electron chi connectivity index (χ0n) is 16.4. The second-order valence-corrected chi connectivity index (χ2v) is 6.28. The zero-order valence-corrected chi connectivity index (χ0v) is 16.4. The average Bonchev–Trinajstić information content (AvgIpc) is 3.08. The molecule has 148 valence electrons. The predicted octanol–water partition coefficient (Wildman–Crippen LogP) is 1.10. The normalized spacial score (nSPS) is 18.7. The molecule has 0 aliphatic carbocycles. The first-order chi connectivity index (χ1) is 12.3. The molecule has 1 aliphatic rings. The van der Waals surface area contributed by atoms with Crippen LogP contribution in [-0.4, -0.2) is 90.3 Å². The number of likely N-dealkylation sites (tertiary alicyclic amines) is 1. The van der Waals surface area contributed by atoms with Gasteiger partial charge in [-0.1, -0.05) is 13.3 Å². The Morgan fingerprint density at radius 2 is 1.92 bits per heavy atom. The molecule has 0 spiro atoms.